The molecule has 0 unspecified atom stereocenters. The average molecular weight is 277 g/mol. The second kappa shape index (κ2) is 4.54. The Morgan fingerprint density at radius 1 is 1.28 bits per heavy atom. The monoisotopic (exact) mass is 277 g/mol. The van der Waals surface area contributed by atoms with E-state index in [4.69, 9.17) is 5.84 Å². The topological polar surface area (TPSA) is 50.9 Å². The van der Waals surface area contributed by atoms with Crippen molar-refractivity contribution in [3.05, 3.63) is 35.0 Å². The lowest BCUT2D eigenvalue weighted by molar-refractivity contribution is -0.137. The Bertz CT molecular complexity index is 564. The number of hydrogen-bond donors (Lipinski definition) is 2. The molecule has 3 nitrogen and oxygen atoms in total. The first kappa shape index (κ1) is 12.8. The molecule has 1 aromatic carbocycles. The summed E-state index contributed by atoms with van der Waals surface area (Å²) >= 11 is 0.991. The SMILES string of the molecule is NNc1nc(-c2c(F)cccc2C(F)(F)F)cs1. The second-order valence-corrected chi connectivity index (χ2v) is 4.20. The number of halogens is 4. The van der Waals surface area contributed by atoms with Gasteiger partial charge >= 0.3 is 6.18 Å². The lowest BCUT2D eigenvalue weighted by Crippen LogP contribution is -2.09. The highest BCUT2D eigenvalue weighted by Crippen LogP contribution is 2.39. The molecule has 3 N–H and O–H groups in total. The van der Waals surface area contributed by atoms with Gasteiger partial charge in [0.15, 0.2) is 5.13 Å². The van der Waals surface area contributed by atoms with Crippen molar-refractivity contribution in [1.29, 1.82) is 0 Å². The molecule has 1 heterocycles. The second-order valence-electron chi connectivity index (χ2n) is 3.34. The van der Waals surface area contributed by atoms with Gasteiger partial charge in [0.25, 0.3) is 0 Å². The van der Waals surface area contributed by atoms with Crippen LogP contribution in [0.15, 0.2) is 23.6 Å². The third-order valence-electron chi connectivity index (χ3n) is 2.20. The molecule has 0 fully saturated rings. The number of nitrogens with two attached hydrogens (primary N) is 1. The molecular weight excluding hydrogens is 270 g/mol. The number of nitrogens with zero attached hydrogens (tertiary/aromatic N) is 1. The number of nitrogen functional groups attached to an aromatic ring is 1. The molecule has 1 aromatic heterocycles. The molecule has 0 bridgehead atoms. The molecule has 0 atom stereocenters. The van der Waals surface area contributed by atoms with Gasteiger partial charge in [-0.15, -0.1) is 11.3 Å². The third-order valence-corrected chi connectivity index (χ3v) is 2.98. The molecule has 18 heavy (non-hydrogen) atoms. The standard InChI is InChI=1S/C10H7F4N3S/c11-6-3-1-2-5(10(12,13)14)8(6)7-4-18-9(16-7)17-15/h1-4H,15H2,(H,16,17). The van der Waals surface area contributed by atoms with Crippen molar-refractivity contribution < 1.29 is 17.6 Å². The van der Waals surface area contributed by atoms with Crippen LogP contribution in [0.2, 0.25) is 0 Å². The number of hydrazine groups is 1. The lowest BCUT2D eigenvalue weighted by atomic mass is 10.0. The zero-order chi connectivity index (χ0) is 13.3. The van der Waals surface area contributed by atoms with E-state index in [1.165, 1.54) is 5.38 Å². The van der Waals surface area contributed by atoms with E-state index in [0.717, 1.165) is 29.5 Å². The van der Waals surface area contributed by atoms with Gasteiger partial charge in [-0.3, -0.25) is 5.43 Å². The van der Waals surface area contributed by atoms with Crippen molar-refractivity contribution in [1.82, 2.24) is 4.98 Å². The van der Waals surface area contributed by atoms with E-state index < -0.39 is 23.1 Å². The van der Waals surface area contributed by atoms with Gasteiger partial charge in [-0.05, 0) is 12.1 Å². The molecule has 8 heteroatoms. The van der Waals surface area contributed by atoms with Crippen LogP contribution in [0.1, 0.15) is 5.56 Å². The minimum Gasteiger partial charge on any atom is -0.300 e. The zero-order valence-corrected chi connectivity index (χ0v) is 9.57. The van der Waals surface area contributed by atoms with Crippen molar-refractivity contribution in [3.63, 3.8) is 0 Å². The maximum absolute atomic E-state index is 13.6. The fourth-order valence-electron chi connectivity index (χ4n) is 1.48. The summed E-state index contributed by atoms with van der Waals surface area (Å²) in [5.74, 6) is 4.11. The summed E-state index contributed by atoms with van der Waals surface area (Å²) in [5, 5.41) is 1.52. The molecule has 96 valence electrons. The molecule has 2 rings (SSSR count). The highest BCUT2D eigenvalue weighted by atomic mass is 32.1. The predicted molar refractivity (Wildman–Crippen MR) is 60.3 cm³/mol. The maximum Gasteiger partial charge on any atom is 0.417 e. The van der Waals surface area contributed by atoms with Crippen LogP contribution in [0.25, 0.3) is 11.3 Å². The van der Waals surface area contributed by atoms with Crippen LogP contribution in [0.5, 0.6) is 0 Å². The summed E-state index contributed by atoms with van der Waals surface area (Å²) in [6, 6.07) is 2.78. The molecule has 0 aliphatic rings. The van der Waals surface area contributed by atoms with Crippen LogP contribution in [-0.4, -0.2) is 4.98 Å². The highest BCUT2D eigenvalue weighted by Gasteiger charge is 2.35. The summed E-state index contributed by atoms with van der Waals surface area (Å²) in [5.41, 5.74) is 0.474. The highest BCUT2D eigenvalue weighted by molar-refractivity contribution is 7.14. The minimum atomic E-state index is -4.64. The smallest absolute Gasteiger partial charge is 0.300 e. The van der Waals surface area contributed by atoms with Crippen LogP contribution in [-0.2, 0) is 6.18 Å². The zero-order valence-electron chi connectivity index (χ0n) is 8.75. The molecular formula is C10H7F4N3S. The lowest BCUT2D eigenvalue weighted by Gasteiger charge is -2.11. The van der Waals surface area contributed by atoms with Crippen LogP contribution in [0, 0.1) is 5.82 Å². The Labute approximate surface area is 103 Å². The van der Waals surface area contributed by atoms with Crippen molar-refractivity contribution in [2.45, 2.75) is 6.18 Å². The first-order valence-electron chi connectivity index (χ1n) is 4.71. The van der Waals surface area contributed by atoms with E-state index in [0.29, 0.717) is 0 Å². The van der Waals surface area contributed by atoms with E-state index >= 15 is 0 Å². The summed E-state index contributed by atoms with van der Waals surface area (Å²) < 4.78 is 51.9. The number of aromatic nitrogens is 1. The summed E-state index contributed by atoms with van der Waals surface area (Å²) in [4.78, 5) is 3.78. The largest absolute Gasteiger partial charge is 0.417 e. The van der Waals surface area contributed by atoms with Crippen molar-refractivity contribution in [3.8, 4) is 11.3 Å². The normalized spacial score (nSPS) is 11.6. The number of thiazole rings is 1. The summed E-state index contributed by atoms with van der Waals surface area (Å²) in [6.45, 7) is 0. The number of benzene rings is 1. The average Bonchev–Trinajstić information content (AvgIpc) is 2.75. The fourth-order valence-corrected chi connectivity index (χ4v) is 2.09. The number of alkyl halides is 3. The van der Waals surface area contributed by atoms with Gasteiger partial charge < -0.3 is 0 Å². The van der Waals surface area contributed by atoms with Crippen LogP contribution >= 0.6 is 11.3 Å². The molecule has 0 radical (unpaired) electrons. The Balaban J connectivity index is 2.62. The fraction of sp³-hybridized carbons (Fsp3) is 0.100. The van der Waals surface area contributed by atoms with Crippen LogP contribution < -0.4 is 11.3 Å². The molecule has 0 aliphatic heterocycles. The van der Waals surface area contributed by atoms with Crippen molar-refractivity contribution in [2.24, 2.45) is 5.84 Å². The third kappa shape index (κ3) is 2.29. The van der Waals surface area contributed by atoms with Gasteiger partial charge in [0.1, 0.15) is 5.82 Å². The van der Waals surface area contributed by atoms with Gasteiger partial charge in [0.2, 0.25) is 0 Å². The molecule has 2 aromatic rings. The number of anilines is 1. The number of nitrogens with one attached hydrogen (secondary N) is 1. The van der Waals surface area contributed by atoms with E-state index in [1.807, 2.05) is 0 Å². The van der Waals surface area contributed by atoms with Gasteiger partial charge in [-0.25, -0.2) is 15.2 Å². The van der Waals surface area contributed by atoms with Gasteiger partial charge in [0, 0.05) is 10.9 Å². The Hall–Kier alpha value is -1.67. The molecule has 0 saturated carbocycles. The van der Waals surface area contributed by atoms with Crippen LogP contribution in [0.4, 0.5) is 22.7 Å². The van der Waals surface area contributed by atoms with Crippen molar-refractivity contribution >= 4 is 16.5 Å². The number of rotatable bonds is 2. The molecule has 0 spiro atoms. The first-order chi connectivity index (χ1) is 8.43. The minimum absolute atomic E-state index is 0.0987. The number of hydrogen-bond acceptors (Lipinski definition) is 4. The van der Waals surface area contributed by atoms with E-state index in [1.54, 1.807) is 0 Å². The molecule has 0 aliphatic carbocycles. The van der Waals surface area contributed by atoms with Gasteiger partial charge in [-0.2, -0.15) is 13.2 Å². The Kier molecular flexibility index (Phi) is 3.22. The first-order valence-corrected chi connectivity index (χ1v) is 5.59. The molecule has 0 saturated heterocycles. The predicted octanol–water partition coefficient (Wildman–Crippen LogP) is 3.25. The van der Waals surface area contributed by atoms with E-state index in [-0.39, 0.29) is 10.8 Å². The van der Waals surface area contributed by atoms with Crippen molar-refractivity contribution in [2.75, 3.05) is 5.43 Å². The maximum atomic E-state index is 13.6. The Morgan fingerprint density at radius 2 is 2.00 bits per heavy atom. The molecule has 0 amide bonds. The Morgan fingerprint density at radius 3 is 2.56 bits per heavy atom. The summed E-state index contributed by atoms with van der Waals surface area (Å²) in [6.07, 6.45) is -4.64. The summed E-state index contributed by atoms with van der Waals surface area (Å²) in [7, 11) is 0. The van der Waals surface area contributed by atoms with E-state index in [2.05, 4.69) is 10.4 Å². The van der Waals surface area contributed by atoms with Crippen LogP contribution in [0.3, 0.4) is 0 Å². The van der Waals surface area contributed by atoms with Gasteiger partial charge in [0.05, 0.1) is 11.3 Å². The van der Waals surface area contributed by atoms with E-state index in [9.17, 15) is 17.6 Å². The quantitative estimate of drug-likeness (QED) is 0.503. The van der Waals surface area contributed by atoms with Gasteiger partial charge in [-0.1, -0.05) is 6.07 Å².